The zero-order valence-corrected chi connectivity index (χ0v) is 18.2. The molecule has 1 aliphatic heterocycles. The first-order chi connectivity index (χ1) is 16.2. The molecule has 0 spiro atoms. The normalized spacial score (nSPS) is 14.8. The number of hydrogen-bond acceptors (Lipinski definition) is 8. The smallest absolute Gasteiger partial charge is 0.318 e. The first kappa shape index (κ1) is 22.7. The van der Waals surface area contributed by atoms with Crippen LogP contribution in [-0.4, -0.2) is 26.7 Å². The second-order valence-electron chi connectivity index (χ2n) is 7.08. The van der Waals surface area contributed by atoms with E-state index in [9.17, 15) is 25.0 Å². The van der Waals surface area contributed by atoms with E-state index in [4.69, 9.17) is 21.1 Å². The summed E-state index contributed by atoms with van der Waals surface area (Å²) in [6, 6.07) is 16.2. The summed E-state index contributed by atoms with van der Waals surface area (Å²) in [6.07, 6.45) is -0.828. The first-order valence-corrected chi connectivity index (χ1v) is 10.1. The molecule has 0 radical (unpaired) electrons. The zero-order chi connectivity index (χ0) is 24.4. The predicted molar refractivity (Wildman–Crippen MR) is 121 cm³/mol. The molecular formula is C22H15ClN4O7. The lowest BCUT2D eigenvalue weighted by Gasteiger charge is -2.19. The van der Waals surface area contributed by atoms with Crippen molar-refractivity contribution in [3.8, 4) is 11.5 Å². The fraction of sp³-hybridized carbons (Fsp3) is 0.0909. The number of non-ortho nitro benzene ring substituents is 1. The van der Waals surface area contributed by atoms with Gasteiger partial charge >= 0.3 is 5.69 Å². The van der Waals surface area contributed by atoms with Crippen molar-refractivity contribution in [2.24, 2.45) is 5.10 Å². The van der Waals surface area contributed by atoms with Crippen molar-refractivity contribution in [1.82, 2.24) is 5.01 Å². The summed E-state index contributed by atoms with van der Waals surface area (Å²) in [7, 11) is 0. The molecule has 34 heavy (non-hydrogen) atoms. The number of rotatable bonds is 6. The van der Waals surface area contributed by atoms with Gasteiger partial charge in [-0.2, -0.15) is 5.01 Å². The summed E-state index contributed by atoms with van der Waals surface area (Å²) < 4.78 is 11.5. The van der Waals surface area contributed by atoms with Gasteiger partial charge in [-0.05, 0) is 54.6 Å². The Morgan fingerprint density at radius 1 is 1.03 bits per heavy atom. The molecule has 0 saturated heterocycles. The Hall–Kier alpha value is -4.51. The van der Waals surface area contributed by atoms with E-state index < -0.39 is 27.4 Å². The van der Waals surface area contributed by atoms with Crippen LogP contribution in [0, 0.1) is 20.2 Å². The molecule has 4 rings (SSSR count). The van der Waals surface area contributed by atoms with Crippen LogP contribution in [-0.2, 0) is 9.53 Å². The van der Waals surface area contributed by atoms with Crippen LogP contribution in [0.2, 0.25) is 5.02 Å². The van der Waals surface area contributed by atoms with Crippen molar-refractivity contribution in [3.05, 3.63) is 103 Å². The third-order valence-electron chi connectivity index (χ3n) is 4.80. The monoisotopic (exact) mass is 482 g/mol. The predicted octanol–water partition coefficient (Wildman–Crippen LogP) is 5.19. The standard InChI is InChI=1S/C22H15ClN4O7/c1-13(28)25-22(34-21(24-25)14-2-6-16(23)7-3-14)15-4-9-18(10-5-15)33-20-11-8-17(26(29)30)12-19(20)27(31)32/h2-12,22H,1H3/t22-/m1/s1. The molecular weight excluding hydrogens is 468 g/mol. The highest BCUT2D eigenvalue weighted by molar-refractivity contribution is 6.30. The highest BCUT2D eigenvalue weighted by Gasteiger charge is 2.33. The van der Waals surface area contributed by atoms with Crippen LogP contribution < -0.4 is 4.74 Å². The molecule has 0 N–H and O–H groups in total. The average molecular weight is 483 g/mol. The maximum absolute atomic E-state index is 12.1. The number of ether oxygens (including phenoxy) is 2. The van der Waals surface area contributed by atoms with Crippen molar-refractivity contribution in [3.63, 3.8) is 0 Å². The Morgan fingerprint density at radius 3 is 2.29 bits per heavy atom. The van der Waals surface area contributed by atoms with E-state index >= 15 is 0 Å². The number of carbonyl (C=O) groups is 1. The van der Waals surface area contributed by atoms with Gasteiger partial charge in [0.2, 0.25) is 23.8 Å². The Bertz CT molecular complexity index is 1310. The maximum atomic E-state index is 12.1. The number of benzene rings is 3. The van der Waals surface area contributed by atoms with Crippen LogP contribution in [0.15, 0.2) is 71.8 Å². The van der Waals surface area contributed by atoms with Gasteiger partial charge in [-0.1, -0.05) is 11.6 Å². The van der Waals surface area contributed by atoms with Gasteiger partial charge in [-0.25, -0.2) is 0 Å². The number of nitro groups is 2. The molecule has 1 aliphatic rings. The lowest BCUT2D eigenvalue weighted by atomic mass is 10.2. The van der Waals surface area contributed by atoms with Crippen LogP contribution >= 0.6 is 11.6 Å². The molecule has 0 aromatic heterocycles. The van der Waals surface area contributed by atoms with Crippen LogP contribution in [0.5, 0.6) is 11.5 Å². The quantitative estimate of drug-likeness (QED) is 0.348. The van der Waals surface area contributed by atoms with Crippen LogP contribution in [0.1, 0.15) is 24.3 Å². The SMILES string of the molecule is CC(=O)N1N=C(c2ccc(Cl)cc2)O[C@@H]1c1ccc(Oc2ccc([N+](=O)[O-])cc2[N+](=O)[O-])cc1. The third-order valence-corrected chi connectivity index (χ3v) is 5.05. The van der Waals surface area contributed by atoms with Crippen molar-refractivity contribution >= 4 is 34.8 Å². The molecule has 172 valence electrons. The molecule has 3 aromatic rings. The number of nitro benzene ring substituents is 2. The average Bonchev–Trinajstić information content (AvgIpc) is 3.26. The van der Waals surface area contributed by atoms with Crippen LogP contribution in [0.4, 0.5) is 11.4 Å². The molecule has 0 fully saturated rings. The number of hydrogen-bond donors (Lipinski definition) is 0. The fourth-order valence-electron chi connectivity index (χ4n) is 3.17. The minimum atomic E-state index is -0.828. The van der Waals surface area contributed by atoms with Crippen molar-refractivity contribution in [2.75, 3.05) is 0 Å². The summed E-state index contributed by atoms with van der Waals surface area (Å²) in [4.78, 5) is 32.8. The number of halogens is 1. The minimum Gasteiger partial charge on any atom is -0.450 e. The number of amides is 1. The summed E-state index contributed by atoms with van der Waals surface area (Å²) >= 11 is 5.92. The van der Waals surface area contributed by atoms with Gasteiger partial charge in [0.15, 0.2) is 0 Å². The Balaban J connectivity index is 1.56. The molecule has 0 aliphatic carbocycles. The molecule has 1 atom stereocenters. The molecule has 0 saturated carbocycles. The van der Waals surface area contributed by atoms with Gasteiger partial charge in [-0.15, -0.1) is 5.10 Å². The largest absolute Gasteiger partial charge is 0.450 e. The van der Waals surface area contributed by atoms with Gasteiger partial charge < -0.3 is 9.47 Å². The minimum absolute atomic E-state index is 0.154. The Morgan fingerprint density at radius 2 is 1.71 bits per heavy atom. The second kappa shape index (κ2) is 9.16. The van der Waals surface area contributed by atoms with Gasteiger partial charge in [0.05, 0.1) is 15.9 Å². The van der Waals surface area contributed by atoms with Gasteiger partial charge in [-0.3, -0.25) is 25.0 Å². The van der Waals surface area contributed by atoms with E-state index in [2.05, 4.69) is 5.10 Å². The molecule has 0 unspecified atom stereocenters. The topological polar surface area (TPSA) is 137 Å². The first-order valence-electron chi connectivity index (χ1n) is 9.74. The lowest BCUT2D eigenvalue weighted by molar-refractivity contribution is -0.394. The summed E-state index contributed by atoms with van der Waals surface area (Å²) in [5.41, 5.74) is 0.256. The van der Waals surface area contributed by atoms with Gasteiger partial charge in [0.25, 0.3) is 5.69 Å². The molecule has 12 heteroatoms. The summed E-state index contributed by atoms with van der Waals surface area (Å²) in [6.45, 7) is 1.36. The molecule has 1 amide bonds. The van der Waals surface area contributed by atoms with E-state index in [1.54, 1.807) is 36.4 Å². The van der Waals surface area contributed by atoms with E-state index in [1.807, 2.05) is 0 Å². The lowest BCUT2D eigenvalue weighted by Crippen LogP contribution is -2.25. The van der Waals surface area contributed by atoms with E-state index in [1.165, 1.54) is 24.1 Å². The fourth-order valence-corrected chi connectivity index (χ4v) is 3.29. The van der Waals surface area contributed by atoms with Crippen molar-refractivity contribution in [2.45, 2.75) is 13.2 Å². The third kappa shape index (κ3) is 4.64. The van der Waals surface area contributed by atoms with Crippen LogP contribution in [0.3, 0.4) is 0 Å². The van der Waals surface area contributed by atoms with E-state index in [-0.39, 0.29) is 23.3 Å². The number of hydrazone groups is 1. The zero-order valence-electron chi connectivity index (χ0n) is 17.5. The molecule has 3 aromatic carbocycles. The highest BCUT2D eigenvalue weighted by Crippen LogP contribution is 2.36. The molecule has 0 bridgehead atoms. The van der Waals surface area contributed by atoms with Crippen molar-refractivity contribution < 1.29 is 24.1 Å². The second-order valence-corrected chi connectivity index (χ2v) is 7.52. The Kier molecular flexibility index (Phi) is 6.11. The van der Waals surface area contributed by atoms with E-state index in [0.717, 1.165) is 18.2 Å². The Labute approximate surface area is 197 Å². The summed E-state index contributed by atoms with van der Waals surface area (Å²) in [5, 5.41) is 28.2. The van der Waals surface area contributed by atoms with E-state index in [0.29, 0.717) is 16.1 Å². The maximum Gasteiger partial charge on any atom is 0.318 e. The van der Waals surface area contributed by atoms with Gasteiger partial charge in [0.1, 0.15) is 5.75 Å². The van der Waals surface area contributed by atoms with Gasteiger partial charge in [0, 0.05) is 29.1 Å². The van der Waals surface area contributed by atoms with Crippen molar-refractivity contribution in [1.29, 1.82) is 0 Å². The van der Waals surface area contributed by atoms with Crippen LogP contribution in [0.25, 0.3) is 0 Å². The molecule has 1 heterocycles. The highest BCUT2D eigenvalue weighted by atomic mass is 35.5. The summed E-state index contributed by atoms with van der Waals surface area (Å²) in [5.74, 6) is 0.000553. The molecule has 11 nitrogen and oxygen atoms in total. The number of nitrogens with zero attached hydrogens (tertiary/aromatic N) is 4. The number of carbonyl (C=O) groups excluding carboxylic acids is 1.